The summed E-state index contributed by atoms with van der Waals surface area (Å²) in [7, 11) is 1.45. The van der Waals surface area contributed by atoms with Gasteiger partial charge in [0.1, 0.15) is 30.0 Å². The summed E-state index contributed by atoms with van der Waals surface area (Å²) in [6.45, 7) is 8.55. The van der Waals surface area contributed by atoms with Gasteiger partial charge in [-0.1, -0.05) is 74.5 Å². The summed E-state index contributed by atoms with van der Waals surface area (Å²) < 4.78 is 56.5. The van der Waals surface area contributed by atoms with Crippen LogP contribution < -0.4 is 26.0 Å². The number of amides is 4. The van der Waals surface area contributed by atoms with Crippen LogP contribution in [0.3, 0.4) is 0 Å². The molecule has 0 radical (unpaired) electrons. The molecule has 14 heteroatoms. The molecule has 1 aliphatic carbocycles. The van der Waals surface area contributed by atoms with Crippen LogP contribution in [0.4, 0.5) is 22.8 Å². The number of fused-ring (bicyclic) bond motifs is 3. The van der Waals surface area contributed by atoms with Gasteiger partial charge in [0.25, 0.3) is 0 Å². The van der Waals surface area contributed by atoms with Crippen molar-refractivity contribution in [3.05, 3.63) is 89.5 Å². The number of unbranched alkanes of at least 4 members (excludes halogenated alkanes) is 1. The summed E-state index contributed by atoms with van der Waals surface area (Å²) in [5.74, 6) is -1.97. The minimum atomic E-state index is -4.54. The van der Waals surface area contributed by atoms with E-state index < -0.39 is 66.2 Å². The van der Waals surface area contributed by atoms with E-state index in [1.807, 2.05) is 48.5 Å². The molecule has 0 heterocycles. The zero-order valence-corrected chi connectivity index (χ0v) is 32.0. The summed E-state index contributed by atoms with van der Waals surface area (Å²) in [5.41, 5.74) is 3.69. The van der Waals surface area contributed by atoms with Crippen molar-refractivity contribution in [2.24, 2.45) is 5.92 Å². The number of benzene rings is 3. The normalized spacial score (nSPS) is 14.1. The van der Waals surface area contributed by atoms with E-state index in [-0.39, 0.29) is 31.1 Å². The summed E-state index contributed by atoms with van der Waals surface area (Å²) in [6.07, 6.45) is -6.45. The Hall–Kier alpha value is -5.27. The Bertz CT molecular complexity index is 1730. The van der Waals surface area contributed by atoms with Crippen molar-refractivity contribution < 1.29 is 46.6 Å². The number of carbonyl (C=O) groups excluding carboxylic acids is 4. The first-order chi connectivity index (χ1) is 26.0. The van der Waals surface area contributed by atoms with E-state index in [1.54, 1.807) is 46.8 Å². The van der Waals surface area contributed by atoms with E-state index in [2.05, 4.69) is 21.3 Å². The molecule has 0 bridgehead atoms. The molecule has 1 aliphatic rings. The van der Waals surface area contributed by atoms with E-state index in [0.29, 0.717) is 18.6 Å². The predicted octanol–water partition coefficient (Wildman–Crippen LogP) is 7.55. The van der Waals surface area contributed by atoms with Crippen molar-refractivity contribution in [1.82, 2.24) is 21.3 Å². The number of halogens is 3. The fraction of sp³-hybridized carbons (Fsp3) is 0.463. The Morgan fingerprint density at radius 3 is 1.91 bits per heavy atom. The van der Waals surface area contributed by atoms with Gasteiger partial charge in [-0.3, -0.25) is 9.59 Å². The van der Waals surface area contributed by atoms with Crippen molar-refractivity contribution in [3.8, 4) is 16.9 Å². The number of alkyl carbamates (subject to hydrolysis) is 2. The first-order valence-corrected chi connectivity index (χ1v) is 18.4. The van der Waals surface area contributed by atoms with Gasteiger partial charge in [-0.05, 0) is 85.9 Å². The molecule has 55 heavy (non-hydrogen) atoms. The molecule has 0 aliphatic heterocycles. The van der Waals surface area contributed by atoms with E-state index in [4.69, 9.17) is 14.2 Å². The van der Waals surface area contributed by atoms with Crippen LogP contribution >= 0.6 is 0 Å². The SMILES string of the molecule is COc1ccc([C@H](NC(=O)[C@H](CCCCNC(=O)OC(C)(C)C)NC(=O)OCC2c3ccccc3-c3ccccc32)C(=O)N[C@H](CC(F)(F)F)C(C)C)cc1. The molecule has 3 aromatic carbocycles. The number of nitrogens with one attached hydrogen (secondary N) is 4. The molecule has 4 rings (SSSR count). The van der Waals surface area contributed by atoms with Crippen molar-refractivity contribution in [2.75, 3.05) is 20.3 Å². The first-order valence-electron chi connectivity index (χ1n) is 18.4. The molecule has 3 aromatic rings. The molecule has 3 atom stereocenters. The number of hydrogen-bond donors (Lipinski definition) is 4. The standard InChI is InChI=1S/C41H51F3N4O7/c1-25(2)34(23-41(42,43)44)46-37(50)35(26-18-20-27(53-6)21-19-26)48-36(49)33(17-11-12-22-45-38(51)55-40(3,4)5)47-39(52)54-24-32-30-15-9-7-13-28(30)29-14-8-10-16-31(29)32/h7-10,13-16,18-21,25,32-35H,11-12,17,22-24H2,1-6H3,(H,45,51)(H,46,50)(H,47,52)(H,48,49)/t33-,34+,35-/m0/s1. The molecule has 0 unspecified atom stereocenters. The predicted molar refractivity (Wildman–Crippen MR) is 201 cm³/mol. The summed E-state index contributed by atoms with van der Waals surface area (Å²) in [4.78, 5) is 53.2. The van der Waals surface area contributed by atoms with Crippen LogP contribution in [0.5, 0.6) is 5.75 Å². The monoisotopic (exact) mass is 768 g/mol. The lowest BCUT2D eigenvalue weighted by atomic mass is 9.98. The molecule has 11 nitrogen and oxygen atoms in total. The third kappa shape index (κ3) is 12.6. The van der Waals surface area contributed by atoms with E-state index in [9.17, 15) is 32.3 Å². The van der Waals surface area contributed by atoms with Crippen molar-refractivity contribution >= 4 is 24.0 Å². The van der Waals surface area contributed by atoms with Crippen LogP contribution in [-0.4, -0.2) is 68.1 Å². The van der Waals surface area contributed by atoms with Gasteiger partial charge in [-0.15, -0.1) is 0 Å². The fourth-order valence-electron chi connectivity index (χ4n) is 6.34. The Morgan fingerprint density at radius 2 is 1.36 bits per heavy atom. The van der Waals surface area contributed by atoms with Gasteiger partial charge >= 0.3 is 18.4 Å². The largest absolute Gasteiger partial charge is 0.497 e. The molecule has 4 N–H and O–H groups in total. The second-order valence-electron chi connectivity index (χ2n) is 14.8. The second-order valence-corrected chi connectivity index (χ2v) is 14.8. The molecule has 0 saturated carbocycles. The Balaban J connectivity index is 1.52. The molecule has 0 spiro atoms. The topological polar surface area (TPSA) is 144 Å². The highest BCUT2D eigenvalue weighted by atomic mass is 19.4. The number of ether oxygens (including phenoxy) is 3. The average molecular weight is 769 g/mol. The van der Waals surface area contributed by atoms with Crippen LogP contribution in [0.15, 0.2) is 72.8 Å². The quantitative estimate of drug-likeness (QED) is 0.110. The number of rotatable bonds is 16. The smallest absolute Gasteiger partial charge is 0.407 e. The number of carbonyl (C=O) groups is 4. The van der Waals surface area contributed by atoms with E-state index >= 15 is 0 Å². The van der Waals surface area contributed by atoms with Crippen LogP contribution in [0, 0.1) is 5.92 Å². The average Bonchev–Trinajstić information content (AvgIpc) is 3.44. The lowest BCUT2D eigenvalue weighted by Crippen LogP contribution is -2.52. The fourth-order valence-corrected chi connectivity index (χ4v) is 6.34. The molecule has 0 fully saturated rings. The lowest BCUT2D eigenvalue weighted by Gasteiger charge is -2.28. The molecular formula is C41H51F3N4O7. The van der Waals surface area contributed by atoms with Gasteiger partial charge in [-0.25, -0.2) is 9.59 Å². The Labute approximate surface area is 320 Å². The molecule has 0 aromatic heterocycles. The first kappa shape index (κ1) is 42.5. The van der Waals surface area contributed by atoms with Crippen LogP contribution in [0.2, 0.25) is 0 Å². The highest BCUT2D eigenvalue weighted by Crippen LogP contribution is 2.44. The van der Waals surface area contributed by atoms with Crippen molar-refractivity contribution in [2.45, 2.75) is 96.1 Å². The Kier molecular flexibility index (Phi) is 14.6. The van der Waals surface area contributed by atoms with Crippen molar-refractivity contribution in [3.63, 3.8) is 0 Å². The Morgan fingerprint density at radius 1 is 0.764 bits per heavy atom. The summed E-state index contributed by atoms with van der Waals surface area (Å²) in [5, 5.41) is 10.4. The van der Waals surface area contributed by atoms with E-state index in [0.717, 1.165) is 22.3 Å². The molecule has 0 saturated heterocycles. The number of alkyl halides is 3. The molecule has 4 amide bonds. The van der Waals surface area contributed by atoms with Gasteiger partial charge < -0.3 is 35.5 Å². The van der Waals surface area contributed by atoms with Crippen molar-refractivity contribution in [1.29, 1.82) is 0 Å². The van der Waals surface area contributed by atoms with E-state index in [1.165, 1.54) is 19.2 Å². The van der Waals surface area contributed by atoms with Crippen LogP contribution in [0.1, 0.15) is 89.0 Å². The number of hydrogen-bond acceptors (Lipinski definition) is 7. The van der Waals surface area contributed by atoms with Crippen LogP contribution in [-0.2, 0) is 19.1 Å². The highest BCUT2D eigenvalue weighted by molar-refractivity contribution is 5.92. The summed E-state index contributed by atoms with van der Waals surface area (Å²) >= 11 is 0. The second kappa shape index (κ2) is 18.9. The minimum absolute atomic E-state index is 0.0132. The minimum Gasteiger partial charge on any atom is -0.497 e. The molecule has 298 valence electrons. The zero-order chi connectivity index (χ0) is 40.3. The lowest BCUT2D eigenvalue weighted by molar-refractivity contribution is -0.146. The zero-order valence-electron chi connectivity index (χ0n) is 32.0. The van der Waals surface area contributed by atoms with Gasteiger partial charge in [0.2, 0.25) is 11.8 Å². The third-order valence-corrected chi connectivity index (χ3v) is 9.12. The molecular weight excluding hydrogens is 717 g/mol. The maximum absolute atomic E-state index is 14.0. The van der Waals surface area contributed by atoms with Gasteiger partial charge in [0.15, 0.2) is 0 Å². The number of methoxy groups -OCH3 is 1. The highest BCUT2D eigenvalue weighted by Gasteiger charge is 2.36. The summed E-state index contributed by atoms with van der Waals surface area (Å²) in [6, 6.07) is 17.9. The third-order valence-electron chi connectivity index (χ3n) is 9.12. The van der Waals surface area contributed by atoms with Gasteiger partial charge in [0.05, 0.1) is 13.5 Å². The maximum Gasteiger partial charge on any atom is 0.407 e. The van der Waals surface area contributed by atoms with Crippen LogP contribution in [0.25, 0.3) is 11.1 Å². The van der Waals surface area contributed by atoms with Gasteiger partial charge in [-0.2, -0.15) is 13.2 Å². The maximum atomic E-state index is 14.0. The van der Waals surface area contributed by atoms with Gasteiger partial charge in [0, 0.05) is 18.5 Å².